The molecule has 0 radical (unpaired) electrons. The van der Waals surface area contributed by atoms with E-state index in [9.17, 15) is 8.42 Å². The zero-order valence-electron chi connectivity index (χ0n) is 26.8. The number of halogens is 3. The van der Waals surface area contributed by atoms with Gasteiger partial charge in [0.1, 0.15) is 35.3 Å². The molecule has 1 aromatic heterocycles. The second-order valence-corrected chi connectivity index (χ2v) is 14.0. The van der Waals surface area contributed by atoms with Gasteiger partial charge in [-0.3, -0.25) is 0 Å². The van der Waals surface area contributed by atoms with Crippen LogP contribution < -0.4 is 18.7 Å². The van der Waals surface area contributed by atoms with Gasteiger partial charge in [0.25, 0.3) is 10.0 Å². The summed E-state index contributed by atoms with van der Waals surface area (Å²) in [7, 11) is 2.14. The number of piperidine rings is 1. The Morgan fingerprint density at radius 3 is 2.43 bits per heavy atom. The van der Waals surface area contributed by atoms with E-state index in [0.717, 1.165) is 47.7 Å². The summed E-state index contributed by atoms with van der Waals surface area (Å²) in [5, 5.41) is 0.675. The number of hydrogen-bond acceptors (Lipinski definition) is 8. The highest BCUT2D eigenvalue weighted by Gasteiger charge is 2.39. The maximum Gasteiger partial charge on any atom is 0.271 e. The molecule has 1 aliphatic rings. The predicted molar refractivity (Wildman–Crippen MR) is 179 cm³/mol. The average Bonchev–Trinajstić information content (AvgIpc) is 3.06. The van der Waals surface area contributed by atoms with Crippen LogP contribution in [0.25, 0.3) is 0 Å². The third-order valence-corrected chi connectivity index (χ3v) is 10.8. The first-order valence-corrected chi connectivity index (χ1v) is 16.9. The third-order valence-electron chi connectivity index (χ3n) is 8.80. The molecule has 1 fully saturated rings. The Balaban J connectivity index is 1.47. The van der Waals surface area contributed by atoms with Crippen LogP contribution in [0.15, 0.2) is 78.1 Å². The van der Waals surface area contributed by atoms with Gasteiger partial charge >= 0.3 is 0 Å². The van der Waals surface area contributed by atoms with Gasteiger partial charge in [-0.05, 0) is 81.7 Å². The van der Waals surface area contributed by atoms with Crippen molar-refractivity contribution in [2.24, 2.45) is 0 Å². The molecule has 0 bridgehead atoms. The SMILES string of the molecule is COc1ccc(CN(c2ccncn2)S(=O)(=O)c2c(F)cc(N3CCC[C@](CCc4cccc(Cl)c4)(N(C)C)C3)cc2F)c(OC)c1. The standard InChI is InChI=1S/C34H38ClF2N5O4S/c1-40(2)34(14-11-24-7-5-8-26(35)17-24)13-6-16-41(22-34)27-18-29(36)33(30(37)19-27)47(43,44)42(32-12-15-38-23-39-32)21-25-9-10-28(45-3)20-31(25)46-4/h5,7-10,12,15,17-20,23H,6,11,13-14,16,21-22H2,1-4H3/t34-/m1/s1. The lowest BCUT2D eigenvalue weighted by molar-refractivity contribution is 0.116. The number of likely N-dealkylation sites (N-methyl/N-ethyl adjacent to an activating group) is 1. The number of aromatic nitrogens is 2. The quantitative estimate of drug-likeness (QED) is 0.171. The number of anilines is 2. The predicted octanol–water partition coefficient (Wildman–Crippen LogP) is 6.35. The summed E-state index contributed by atoms with van der Waals surface area (Å²) in [6.45, 7) is 0.759. The fourth-order valence-electron chi connectivity index (χ4n) is 6.14. The molecule has 3 aromatic carbocycles. The van der Waals surface area contributed by atoms with E-state index in [1.165, 1.54) is 32.8 Å². The van der Waals surface area contributed by atoms with Crippen molar-refractivity contribution in [1.82, 2.24) is 14.9 Å². The zero-order valence-corrected chi connectivity index (χ0v) is 28.4. The number of rotatable bonds is 12. The van der Waals surface area contributed by atoms with Crippen molar-refractivity contribution in [2.45, 2.75) is 42.7 Å². The lowest BCUT2D eigenvalue weighted by Gasteiger charge is -2.48. The summed E-state index contributed by atoms with van der Waals surface area (Å²) < 4.78 is 71.8. The molecule has 9 nitrogen and oxygen atoms in total. The minimum atomic E-state index is -4.81. The Labute approximate surface area is 279 Å². The maximum absolute atomic E-state index is 16.0. The van der Waals surface area contributed by atoms with Crippen molar-refractivity contribution in [2.75, 3.05) is 50.6 Å². The van der Waals surface area contributed by atoms with Crippen molar-refractivity contribution in [1.29, 1.82) is 0 Å². The Morgan fingerprint density at radius 1 is 1.02 bits per heavy atom. The summed E-state index contributed by atoms with van der Waals surface area (Å²) >= 11 is 6.21. The topological polar surface area (TPSA) is 88.1 Å². The first-order chi connectivity index (χ1) is 22.5. The van der Waals surface area contributed by atoms with Crippen LogP contribution in [0.3, 0.4) is 0 Å². The van der Waals surface area contributed by atoms with E-state index >= 15 is 8.78 Å². The smallest absolute Gasteiger partial charge is 0.271 e. The zero-order chi connectivity index (χ0) is 33.8. The van der Waals surface area contributed by atoms with Crippen molar-refractivity contribution >= 4 is 33.1 Å². The third kappa shape index (κ3) is 7.45. The van der Waals surface area contributed by atoms with Gasteiger partial charge in [0.15, 0.2) is 4.90 Å². The largest absolute Gasteiger partial charge is 0.497 e. The first-order valence-electron chi connectivity index (χ1n) is 15.1. The molecule has 0 saturated carbocycles. The maximum atomic E-state index is 16.0. The number of nitrogens with zero attached hydrogens (tertiary/aromatic N) is 5. The molecule has 1 atom stereocenters. The Morgan fingerprint density at radius 2 is 1.79 bits per heavy atom. The summed E-state index contributed by atoms with van der Waals surface area (Å²) in [4.78, 5) is 11.0. The van der Waals surface area contributed by atoms with Crippen LogP contribution in [-0.4, -0.2) is 70.2 Å². The molecule has 2 heterocycles. The van der Waals surface area contributed by atoms with E-state index in [1.807, 2.05) is 43.3 Å². The van der Waals surface area contributed by atoms with E-state index in [4.69, 9.17) is 21.1 Å². The van der Waals surface area contributed by atoms with Crippen LogP contribution in [-0.2, 0) is 23.0 Å². The van der Waals surface area contributed by atoms with E-state index in [2.05, 4.69) is 14.9 Å². The number of methoxy groups -OCH3 is 2. The molecule has 0 unspecified atom stereocenters. The lowest BCUT2D eigenvalue weighted by atomic mass is 9.82. The summed E-state index contributed by atoms with van der Waals surface area (Å²) in [6.07, 6.45) is 5.80. The second kappa shape index (κ2) is 14.4. The van der Waals surface area contributed by atoms with E-state index in [0.29, 0.717) is 35.2 Å². The van der Waals surface area contributed by atoms with Gasteiger partial charge in [-0.15, -0.1) is 0 Å². The van der Waals surface area contributed by atoms with Gasteiger partial charge in [-0.2, -0.15) is 0 Å². The Kier molecular flexibility index (Phi) is 10.5. The highest BCUT2D eigenvalue weighted by Crippen LogP contribution is 2.37. The van der Waals surface area contributed by atoms with Crippen molar-refractivity contribution in [3.8, 4) is 11.5 Å². The molecular weight excluding hydrogens is 648 g/mol. The minimum Gasteiger partial charge on any atom is -0.497 e. The van der Waals surface area contributed by atoms with Crippen molar-refractivity contribution in [3.63, 3.8) is 0 Å². The summed E-state index contributed by atoms with van der Waals surface area (Å²) in [5.41, 5.74) is 1.54. The molecule has 0 aliphatic carbocycles. The van der Waals surface area contributed by atoms with Crippen LogP contribution in [0, 0.1) is 11.6 Å². The van der Waals surface area contributed by atoms with Gasteiger partial charge in [0, 0.05) is 53.2 Å². The van der Waals surface area contributed by atoms with Gasteiger partial charge < -0.3 is 19.3 Å². The molecular formula is C34H38ClF2N5O4S. The van der Waals surface area contributed by atoms with Gasteiger partial charge in [0.05, 0.1) is 20.8 Å². The van der Waals surface area contributed by atoms with Gasteiger partial charge in [-0.1, -0.05) is 23.7 Å². The molecule has 13 heteroatoms. The molecule has 47 heavy (non-hydrogen) atoms. The number of sulfonamides is 1. The molecule has 250 valence electrons. The highest BCUT2D eigenvalue weighted by atomic mass is 35.5. The fraction of sp³-hybridized carbons (Fsp3) is 0.353. The molecule has 5 rings (SSSR count). The highest BCUT2D eigenvalue weighted by molar-refractivity contribution is 7.92. The Hall–Kier alpha value is -4.00. The first kappa shape index (κ1) is 34.3. The van der Waals surface area contributed by atoms with E-state index in [1.54, 1.807) is 18.2 Å². The van der Waals surface area contributed by atoms with Crippen LogP contribution in [0.5, 0.6) is 11.5 Å². The molecule has 1 aliphatic heterocycles. The molecule has 0 amide bonds. The molecule has 0 spiro atoms. The number of hydrogen-bond donors (Lipinski definition) is 0. The van der Waals surface area contributed by atoms with E-state index < -0.39 is 26.6 Å². The number of aryl methyl sites for hydroxylation is 1. The van der Waals surface area contributed by atoms with Gasteiger partial charge in [-0.25, -0.2) is 31.5 Å². The summed E-state index contributed by atoms with van der Waals surface area (Å²) in [6, 6.07) is 16.2. The van der Waals surface area contributed by atoms with Gasteiger partial charge in [0.2, 0.25) is 0 Å². The number of benzene rings is 3. The Bertz CT molecular complexity index is 1790. The average molecular weight is 686 g/mol. The van der Waals surface area contributed by atoms with Crippen molar-refractivity contribution < 1.29 is 26.7 Å². The lowest BCUT2D eigenvalue weighted by Crippen LogP contribution is -2.56. The van der Waals surface area contributed by atoms with Crippen LogP contribution in [0.4, 0.5) is 20.3 Å². The van der Waals surface area contributed by atoms with Crippen LogP contribution >= 0.6 is 11.6 Å². The molecule has 1 saturated heterocycles. The van der Waals surface area contributed by atoms with Crippen LogP contribution in [0.2, 0.25) is 5.02 Å². The van der Waals surface area contributed by atoms with Crippen LogP contribution in [0.1, 0.15) is 30.4 Å². The molecule has 0 N–H and O–H groups in total. The monoisotopic (exact) mass is 685 g/mol. The number of ether oxygens (including phenoxy) is 2. The minimum absolute atomic E-state index is 0.0627. The van der Waals surface area contributed by atoms with E-state index in [-0.39, 0.29) is 23.6 Å². The van der Waals surface area contributed by atoms with Crippen molar-refractivity contribution in [3.05, 3.63) is 101 Å². The molecule has 4 aromatic rings. The fourth-order valence-corrected chi connectivity index (χ4v) is 7.85. The normalized spacial score (nSPS) is 16.7. The second-order valence-electron chi connectivity index (χ2n) is 11.8. The summed E-state index contributed by atoms with van der Waals surface area (Å²) in [5.74, 6) is -1.62.